The molecule has 0 aromatic carbocycles. The number of carbonyl (C=O) groups is 2. The second-order valence-corrected chi connectivity index (χ2v) is 6.24. The van der Waals surface area contributed by atoms with Gasteiger partial charge < -0.3 is 29.6 Å². The Morgan fingerprint density at radius 1 is 0.913 bits per heavy atom. The minimum atomic E-state index is -0.761. The van der Waals surface area contributed by atoms with Crippen molar-refractivity contribution in [2.24, 2.45) is 0 Å². The Bertz CT molecular complexity index is 359. The highest BCUT2D eigenvalue weighted by Gasteiger charge is 2.34. The lowest BCUT2D eigenvalue weighted by molar-refractivity contribution is 0.0383. The number of rotatable bonds is 9. The van der Waals surface area contributed by atoms with Crippen molar-refractivity contribution in [3.05, 3.63) is 0 Å². The first-order chi connectivity index (χ1) is 10.7. The summed E-state index contributed by atoms with van der Waals surface area (Å²) in [6, 6.07) is 0. The van der Waals surface area contributed by atoms with Crippen LogP contribution in [0, 0.1) is 0 Å². The van der Waals surface area contributed by atoms with Crippen LogP contribution in [0.2, 0.25) is 0 Å². The molecule has 0 saturated heterocycles. The van der Waals surface area contributed by atoms with Gasteiger partial charge in [0.05, 0.1) is 12.6 Å². The zero-order chi connectivity index (χ0) is 17.9. The first-order valence-corrected chi connectivity index (χ1v) is 7.49. The first kappa shape index (κ1) is 21.5. The van der Waals surface area contributed by atoms with E-state index in [0.717, 1.165) is 0 Å². The minimum Gasteiger partial charge on any atom is -0.453 e. The Morgan fingerprint density at radius 3 is 1.83 bits per heavy atom. The molecule has 2 amide bonds. The standard InChI is InChI=1S/C15H30N2O6/c1-14(2,3)23-13(19)17-15(7-9-20-4,8-10-21-5)11-16-12(18)22-6/h7-11H2,1-6H3,(H,16,18)(H,17,19). The summed E-state index contributed by atoms with van der Waals surface area (Å²) >= 11 is 0. The first-order valence-electron chi connectivity index (χ1n) is 7.49. The lowest BCUT2D eigenvalue weighted by Crippen LogP contribution is -2.57. The molecular formula is C15H30N2O6. The molecule has 2 N–H and O–H groups in total. The quantitative estimate of drug-likeness (QED) is 0.666. The molecule has 23 heavy (non-hydrogen) atoms. The zero-order valence-corrected chi connectivity index (χ0v) is 15.0. The second kappa shape index (κ2) is 10.3. The maximum absolute atomic E-state index is 12.2. The van der Waals surface area contributed by atoms with Gasteiger partial charge >= 0.3 is 12.2 Å². The van der Waals surface area contributed by atoms with Crippen molar-refractivity contribution in [2.75, 3.05) is 41.1 Å². The van der Waals surface area contributed by atoms with Gasteiger partial charge in [-0.1, -0.05) is 0 Å². The Morgan fingerprint density at radius 2 is 1.43 bits per heavy atom. The van der Waals surface area contributed by atoms with Gasteiger partial charge in [-0.2, -0.15) is 0 Å². The van der Waals surface area contributed by atoms with Crippen molar-refractivity contribution in [1.29, 1.82) is 0 Å². The second-order valence-electron chi connectivity index (χ2n) is 6.24. The molecule has 0 heterocycles. The fraction of sp³-hybridized carbons (Fsp3) is 0.867. The number of ether oxygens (including phenoxy) is 4. The molecule has 0 aliphatic rings. The van der Waals surface area contributed by atoms with E-state index < -0.39 is 23.3 Å². The van der Waals surface area contributed by atoms with Crippen molar-refractivity contribution in [3.8, 4) is 0 Å². The monoisotopic (exact) mass is 334 g/mol. The van der Waals surface area contributed by atoms with Crippen LogP contribution >= 0.6 is 0 Å². The van der Waals surface area contributed by atoms with E-state index in [2.05, 4.69) is 15.4 Å². The van der Waals surface area contributed by atoms with Crippen LogP contribution in [0.15, 0.2) is 0 Å². The molecule has 136 valence electrons. The van der Waals surface area contributed by atoms with E-state index in [0.29, 0.717) is 26.1 Å². The normalized spacial score (nSPS) is 11.7. The van der Waals surface area contributed by atoms with E-state index in [1.807, 2.05) is 0 Å². The smallest absolute Gasteiger partial charge is 0.408 e. The van der Waals surface area contributed by atoms with E-state index in [9.17, 15) is 9.59 Å². The SMILES string of the molecule is COCCC(CCOC)(CNC(=O)OC)NC(=O)OC(C)(C)C. The Kier molecular flexibility index (Phi) is 9.59. The lowest BCUT2D eigenvalue weighted by atomic mass is 9.91. The van der Waals surface area contributed by atoms with Crippen LogP contribution in [-0.4, -0.2) is 64.4 Å². The molecule has 0 saturated carbocycles. The molecule has 8 nitrogen and oxygen atoms in total. The molecule has 0 aliphatic carbocycles. The van der Waals surface area contributed by atoms with Gasteiger partial charge in [0.1, 0.15) is 5.60 Å². The maximum atomic E-state index is 12.2. The Balaban J connectivity index is 5.08. The minimum absolute atomic E-state index is 0.172. The van der Waals surface area contributed by atoms with E-state index in [1.54, 1.807) is 35.0 Å². The highest BCUT2D eigenvalue weighted by molar-refractivity contribution is 5.70. The average molecular weight is 334 g/mol. The molecule has 0 unspecified atom stereocenters. The van der Waals surface area contributed by atoms with E-state index in [-0.39, 0.29) is 6.54 Å². The molecule has 0 aliphatic heterocycles. The molecule has 0 bridgehead atoms. The fourth-order valence-electron chi connectivity index (χ4n) is 1.90. The number of amides is 2. The molecule has 0 radical (unpaired) electrons. The third kappa shape index (κ3) is 9.96. The van der Waals surface area contributed by atoms with E-state index >= 15 is 0 Å². The summed E-state index contributed by atoms with van der Waals surface area (Å²) in [5, 5.41) is 5.46. The highest BCUT2D eigenvalue weighted by Crippen LogP contribution is 2.17. The summed E-state index contributed by atoms with van der Waals surface area (Å²) in [5.41, 5.74) is -1.38. The number of hydrogen-bond donors (Lipinski definition) is 2. The van der Waals surface area contributed by atoms with Gasteiger partial charge in [0.15, 0.2) is 0 Å². The van der Waals surface area contributed by atoms with Gasteiger partial charge in [-0.25, -0.2) is 9.59 Å². The molecule has 8 heteroatoms. The topological polar surface area (TPSA) is 95.1 Å². The molecule has 0 atom stereocenters. The summed E-state index contributed by atoms with van der Waals surface area (Å²) in [4.78, 5) is 23.5. The zero-order valence-electron chi connectivity index (χ0n) is 15.0. The predicted molar refractivity (Wildman–Crippen MR) is 85.5 cm³/mol. The molecule has 0 fully saturated rings. The van der Waals surface area contributed by atoms with Crippen molar-refractivity contribution >= 4 is 12.2 Å². The number of hydrogen-bond acceptors (Lipinski definition) is 6. The largest absolute Gasteiger partial charge is 0.453 e. The fourth-order valence-corrected chi connectivity index (χ4v) is 1.90. The van der Waals surface area contributed by atoms with Crippen LogP contribution in [0.5, 0.6) is 0 Å². The van der Waals surface area contributed by atoms with Gasteiger partial charge in [-0.3, -0.25) is 0 Å². The van der Waals surface area contributed by atoms with Crippen LogP contribution < -0.4 is 10.6 Å². The number of nitrogens with one attached hydrogen (secondary N) is 2. The third-order valence-electron chi connectivity index (χ3n) is 3.09. The van der Waals surface area contributed by atoms with Gasteiger partial charge in [0, 0.05) is 34.0 Å². The van der Waals surface area contributed by atoms with Gasteiger partial charge in [-0.15, -0.1) is 0 Å². The van der Waals surface area contributed by atoms with Crippen LogP contribution in [0.25, 0.3) is 0 Å². The summed E-state index contributed by atoms with van der Waals surface area (Å²) < 4.78 is 20.1. The van der Waals surface area contributed by atoms with Gasteiger partial charge in [-0.05, 0) is 33.6 Å². The summed E-state index contributed by atoms with van der Waals surface area (Å²) in [7, 11) is 4.42. The van der Waals surface area contributed by atoms with E-state index in [4.69, 9.17) is 14.2 Å². The number of carbonyl (C=O) groups excluding carboxylic acids is 2. The van der Waals surface area contributed by atoms with Crippen molar-refractivity contribution < 1.29 is 28.5 Å². The number of alkyl carbamates (subject to hydrolysis) is 2. The highest BCUT2D eigenvalue weighted by atomic mass is 16.6. The molecule has 0 rings (SSSR count). The van der Waals surface area contributed by atoms with Crippen LogP contribution in [0.1, 0.15) is 33.6 Å². The summed E-state index contributed by atoms with van der Waals surface area (Å²) in [6.07, 6.45) is -0.168. The van der Waals surface area contributed by atoms with Crippen molar-refractivity contribution in [3.63, 3.8) is 0 Å². The summed E-state index contributed by atoms with van der Waals surface area (Å²) in [6.45, 7) is 6.33. The van der Waals surface area contributed by atoms with Crippen LogP contribution in [0.4, 0.5) is 9.59 Å². The van der Waals surface area contributed by atoms with Gasteiger partial charge in [0.2, 0.25) is 0 Å². The molecule has 0 aromatic rings. The molecule has 0 spiro atoms. The van der Waals surface area contributed by atoms with Crippen molar-refractivity contribution in [2.45, 2.75) is 44.8 Å². The number of methoxy groups -OCH3 is 3. The summed E-state index contributed by atoms with van der Waals surface area (Å²) in [5.74, 6) is 0. The lowest BCUT2D eigenvalue weighted by Gasteiger charge is -2.35. The third-order valence-corrected chi connectivity index (χ3v) is 3.09. The van der Waals surface area contributed by atoms with Gasteiger partial charge in [0.25, 0.3) is 0 Å². The van der Waals surface area contributed by atoms with E-state index in [1.165, 1.54) is 7.11 Å². The predicted octanol–water partition coefficient (Wildman–Crippen LogP) is 1.68. The Hall–Kier alpha value is -1.54. The maximum Gasteiger partial charge on any atom is 0.408 e. The van der Waals surface area contributed by atoms with Crippen LogP contribution in [-0.2, 0) is 18.9 Å². The molecular weight excluding hydrogens is 304 g/mol. The average Bonchev–Trinajstić information content (AvgIpc) is 2.46. The van der Waals surface area contributed by atoms with Crippen molar-refractivity contribution in [1.82, 2.24) is 10.6 Å². The Labute approximate surface area is 138 Å². The van der Waals surface area contributed by atoms with Crippen LogP contribution in [0.3, 0.4) is 0 Å². The molecule has 0 aromatic heterocycles.